The molecule has 5 aromatic rings. The summed E-state index contributed by atoms with van der Waals surface area (Å²) in [6.45, 7) is 0.655. The molecule has 2 bridgehead atoms. The second-order valence-corrected chi connectivity index (χ2v) is 10.9. The Morgan fingerprint density at radius 3 is 2.67 bits per heavy atom. The molecule has 11 nitrogen and oxygen atoms in total. The van der Waals surface area contributed by atoms with E-state index in [9.17, 15) is 18.4 Å². The fourth-order valence-corrected chi connectivity index (χ4v) is 5.44. The summed E-state index contributed by atoms with van der Waals surface area (Å²) in [5, 5.41) is 15.2. The number of rotatable bonds is 4. The number of carbonyl (C=O) groups is 1. The van der Waals surface area contributed by atoms with E-state index >= 15 is 0 Å². The highest BCUT2D eigenvalue weighted by Crippen LogP contribution is 2.35. The summed E-state index contributed by atoms with van der Waals surface area (Å²) in [5.41, 5.74) is 3.09. The lowest BCUT2D eigenvalue weighted by molar-refractivity contribution is -0.119. The smallest absolute Gasteiger partial charge is 0.323 e. The van der Waals surface area contributed by atoms with Gasteiger partial charge >= 0.3 is 6.55 Å². The number of nitrogens with zero attached hydrogens (tertiary/aromatic N) is 8. The molecule has 4 aromatic heterocycles. The second kappa shape index (κ2) is 11.5. The van der Waals surface area contributed by atoms with E-state index < -0.39 is 18.5 Å². The number of aromatic nitrogens is 8. The van der Waals surface area contributed by atoms with Gasteiger partial charge < -0.3 is 5.32 Å². The molecule has 0 fully saturated rings. The van der Waals surface area contributed by atoms with Gasteiger partial charge in [-0.05, 0) is 50.1 Å². The van der Waals surface area contributed by atoms with Crippen molar-refractivity contribution in [2.75, 3.05) is 5.32 Å². The molecular formula is C29H26ClF2N9O2. The van der Waals surface area contributed by atoms with Crippen LogP contribution < -0.4 is 10.9 Å². The number of nitrogens with one attached hydrogen (secondary N) is 1. The fraction of sp³-hybridized carbons (Fsp3) is 0.276. The van der Waals surface area contributed by atoms with Crippen LogP contribution >= 0.6 is 11.6 Å². The predicted molar refractivity (Wildman–Crippen MR) is 155 cm³/mol. The van der Waals surface area contributed by atoms with Crippen molar-refractivity contribution in [1.82, 2.24) is 39.3 Å². The lowest BCUT2D eigenvalue weighted by atomic mass is 9.97. The Morgan fingerprint density at radius 1 is 1.09 bits per heavy atom. The predicted octanol–water partition coefficient (Wildman–Crippen LogP) is 5.45. The molecule has 0 spiro atoms. The third kappa shape index (κ3) is 5.55. The number of hydrogen-bond donors (Lipinski definition) is 1. The molecule has 2 atom stereocenters. The first-order chi connectivity index (χ1) is 20.7. The second-order valence-electron chi connectivity index (χ2n) is 10.4. The molecule has 1 amide bonds. The molecular weight excluding hydrogens is 580 g/mol. The minimum atomic E-state index is -2.93. The first-order valence-electron chi connectivity index (χ1n) is 13.6. The number of pyridine rings is 1. The van der Waals surface area contributed by atoms with Gasteiger partial charge in [-0.3, -0.25) is 19.1 Å². The minimum absolute atomic E-state index is 0.0520. The van der Waals surface area contributed by atoms with Crippen molar-refractivity contribution >= 4 is 23.2 Å². The maximum absolute atomic E-state index is 13.9. The number of carbonyl (C=O) groups excluding carboxylic acids is 1. The molecule has 220 valence electrons. The highest BCUT2D eigenvalue weighted by molar-refractivity contribution is 6.31. The number of halogens is 3. The third-order valence-corrected chi connectivity index (χ3v) is 7.69. The summed E-state index contributed by atoms with van der Waals surface area (Å²) in [7, 11) is 0. The number of hydrogen-bond acceptors (Lipinski definition) is 7. The molecule has 0 unspecified atom stereocenters. The zero-order valence-electron chi connectivity index (χ0n) is 23.2. The van der Waals surface area contributed by atoms with Gasteiger partial charge in [-0.15, -0.1) is 5.10 Å². The molecule has 0 saturated heterocycles. The van der Waals surface area contributed by atoms with Crippen molar-refractivity contribution in [3.63, 3.8) is 0 Å². The van der Waals surface area contributed by atoms with Crippen molar-refractivity contribution in [1.29, 1.82) is 0 Å². The van der Waals surface area contributed by atoms with Gasteiger partial charge in [0, 0.05) is 34.3 Å². The van der Waals surface area contributed by atoms with E-state index in [2.05, 4.69) is 30.7 Å². The maximum atomic E-state index is 13.9. The molecule has 0 saturated carbocycles. The van der Waals surface area contributed by atoms with Crippen molar-refractivity contribution in [3.05, 3.63) is 88.1 Å². The number of fused-ring (bicyclic) bond motifs is 4. The summed E-state index contributed by atoms with van der Waals surface area (Å²) in [5.74, 6) is -0.711. The number of anilines is 1. The summed E-state index contributed by atoms with van der Waals surface area (Å²) in [4.78, 5) is 35.7. The molecule has 1 aliphatic heterocycles. The Kier molecular flexibility index (Phi) is 7.57. The van der Waals surface area contributed by atoms with Crippen LogP contribution in [0.15, 0.2) is 66.1 Å². The van der Waals surface area contributed by atoms with Crippen LogP contribution in [0.5, 0.6) is 0 Å². The molecule has 0 radical (unpaired) electrons. The molecule has 1 N–H and O–H groups in total. The molecule has 0 aliphatic carbocycles. The Labute approximate surface area is 249 Å². The van der Waals surface area contributed by atoms with Gasteiger partial charge in [0.1, 0.15) is 0 Å². The Morgan fingerprint density at radius 2 is 1.93 bits per heavy atom. The van der Waals surface area contributed by atoms with E-state index in [4.69, 9.17) is 11.6 Å². The van der Waals surface area contributed by atoms with Crippen LogP contribution in [0.1, 0.15) is 50.2 Å². The van der Waals surface area contributed by atoms with Gasteiger partial charge in [0.25, 0.3) is 5.56 Å². The Bertz CT molecular complexity index is 1880. The van der Waals surface area contributed by atoms with Gasteiger partial charge in [-0.2, -0.15) is 13.9 Å². The van der Waals surface area contributed by atoms with Crippen LogP contribution in [0, 0.1) is 12.8 Å². The minimum Gasteiger partial charge on any atom is -0.323 e. The number of alkyl halides is 2. The van der Waals surface area contributed by atoms with Crippen molar-refractivity contribution < 1.29 is 13.6 Å². The van der Waals surface area contributed by atoms with Crippen LogP contribution in [0.4, 0.5) is 14.5 Å². The summed E-state index contributed by atoms with van der Waals surface area (Å²) in [6, 6.07) is 9.25. The molecule has 14 heteroatoms. The van der Waals surface area contributed by atoms with Gasteiger partial charge in [0.05, 0.1) is 58.9 Å². The number of benzene rings is 1. The highest BCUT2D eigenvalue weighted by Gasteiger charge is 2.26. The summed E-state index contributed by atoms with van der Waals surface area (Å²) in [6.07, 6.45) is 7.46. The van der Waals surface area contributed by atoms with Crippen LogP contribution in [0.2, 0.25) is 5.02 Å². The lowest BCUT2D eigenvalue weighted by Crippen LogP contribution is -2.27. The average Bonchev–Trinajstić information content (AvgIpc) is 3.61. The third-order valence-electron chi connectivity index (χ3n) is 7.46. The zero-order valence-corrected chi connectivity index (χ0v) is 23.9. The summed E-state index contributed by atoms with van der Waals surface area (Å²) < 4.78 is 31.5. The van der Waals surface area contributed by atoms with Crippen molar-refractivity contribution in [2.24, 2.45) is 5.92 Å². The molecule has 1 aliphatic rings. The van der Waals surface area contributed by atoms with Crippen molar-refractivity contribution in [3.8, 4) is 28.2 Å². The fourth-order valence-electron chi connectivity index (χ4n) is 5.27. The van der Waals surface area contributed by atoms with Gasteiger partial charge in [-0.1, -0.05) is 30.2 Å². The highest BCUT2D eigenvalue weighted by atomic mass is 35.5. The standard InChI is InChI=1S/C29H26ClF2N9O2/c1-16-4-3-5-25(22-10-18(8-9-33-22)27-23(36-28(16)43)13-35-41(27)29(31)32)39-15-34-21(12-26(39)42)20-11-19(30)6-7-24(20)40-14-17(2)37-38-40/h6-16,25,29H,3-5H2,1-2H3,(H,36,43)/t16-,25+/m1/s1. The van der Waals surface area contributed by atoms with E-state index in [1.807, 2.05) is 6.92 Å². The monoisotopic (exact) mass is 605 g/mol. The molecule has 1 aromatic carbocycles. The number of aryl methyl sites for hydroxylation is 1. The van der Waals surface area contributed by atoms with E-state index in [1.165, 1.54) is 29.4 Å². The van der Waals surface area contributed by atoms with E-state index in [0.717, 1.165) is 5.69 Å². The largest absolute Gasteiger partial charge is 0.333 e. The SMILES string of the molecule is Cc1cn(-c2ccc(Cl)cc2-c2cc(=O)n([C@H]3CCC[C@@H](C)C(=O)Nc4cnn(C(F)F)c4-c4ccnc3c4)cn2)nn1. The van der Waals surface area contributed by atoms with Gasteiger partial charge in [0.15, 0.2) is 0 Å². The summed E-state index contributed by atoms with van der Waals surface area (Å²) >= 11 is 6.31. The lowest BCUT2D eigenvalue weighted by Gasteiger charge is -2.22. The topological polar surface area (TPSA) is 125 Å². The molecule has 5 heterocycles. The quantitative estimate of drug-likeness (QED) is 0.288. The van der Waals surface area contributed by atoms with E-state index in [0.29, 0.717) is 57.2 Å². The maximum Gasteiger partial charge on any atom is 0.333 e. The van der Waals surface area contributed by atoms with Gasteiger partial charge in [-0.25, -0.2) is 14.3 Å². The van der Waals surface area contributed by atoms with Crippen LogP contribution in [0.25, 0.3) is 28.2 Å². The van der Waals surface area contributed by atoms with Gasteiger partial charge in [0.2, 0.25) is 5.91 Å². The normalized spacial score (nSPS) is 17.2. The van der Waals surface area contributed by atoms with E-state index in [-0.39, 0.29) is 22.8 Å². The molecule has 43 heavy (non-hydrogen) atoms. The first-order valence-corrected chi connectivity index (χ1v) is 14.0. The number of amides is 1. The first kappa shape index (κ1) is 28.3. The average molecular weight is 606 g/mol. The van der Waals surface area contributed by atoms with Crippen LogP contribution in [-0.2, 0) is 4.79 Å². The Hall–Kier alpha value is -4.78. The van der Waals surface area contributed by atoms with Crippen molar-refractivity contribution in [2.45, 2.75) is 45.7 Å². The Balaban J connectivity index is 1.45. The van der Waals surface area contributed by atoms with Crippen LogP contribution in [0.3, 0.4) is 0 Å². The molecule has 6 rings (SSSR count). The van der Waals surface area contributed by atoms with Crippen LogP contribution in [-0.4, -0.2) is 45.2 Å². The zero-order chi connectivity index (χ0) is 30.2. The van der Waals surface area contributed by atoms with E-state index in [1.54, 1.807) is 48.1 Å².